The molecule has 4 aliphatic rings. The summed E-state index contributed by atoms with van der Waals surface area (Å²) in [5.41, 5.74) is -0.352. The number of Topliss-reactive ketones (excluding diaryl/α,β-unsaturated/α-hetero) is 1. The average Bonchev–Trinajstić information content (AvgIpc) is 2.79. The summed E-state index contributed by atoms with van der Waals surface area (Å²) in [4.78, 5) is 24.2. The number of carbonyl (C=O) groups excluding carboxylic acids is 2. The first-order valence-electron chi connectivity index (χ1n) is 9.87. The van der Waals surface area contributed by atoms with E-state index < -0.39 is 17.7 Å². The average molecular weight is 360 g/mol. The van der Waals surface area contributed by atoms with Gasteiger partial charge in [0.1, 0.15) is 12.0 Å². The van der Waals surface area contributed by atoms with Crippen LogP contribution in [0.1, 0.15) is 47.0 Å². The Balaban J connectivity index is 1.79. The van der Waals surface area contributed by atoms with Crippen LogP contribution in [0.25, 0.3) is 0 Å². The predicted octanol–water partition coefficient (Wildman–Crippen LogP) is 3.66. The van der Waals surface area contributed by atoms with Crippen molar-refractivity contribution in [1.82, 2.24) is 0 Å². The molecule has 0 saturated heterocycles. The van der Waals surface area contributed by atoms with Gasteiger partial charge in [-0.05, 0) is 67.1 Å². The molecule has 0 aromatic rings. The number of aliphatic hydroxyl groups is 1. The number of ketones is 2. The molecule has 4 rings (SSSR count). The van der Waals surface area contributed by atoms with Crippen LogP contribution in [-0.4, -0.2) is 28.9 Å². The van der Waals surface area contributed by atoms with Gasteiger partial charge in [0, 0.05) is 17.3 Å². The largest absolute Gasteiger partial charge is 0.393 e. The molecule has 26 heavy (non-hydrogen) atoms. The van der Waals surface area contributed by atoms with Crippen molar-refractivity contribution in [3.63, 3.8) is 0 Å². The minimum absolute atomic E-state index is 0.0329. The van der Waals surface area contributed by atoms with Crippen molar-refractivity contribution in [2.24, 2.45) is 40.4 Å². The molecule has 4 aliphatic carbocycles. The fraction of sp³-hybridized carbons (Fsp3) is 0.727. The van der Waals surface area contributed by atoms with Crippen LogP contribution >= 0.6 is 0 Å². The van der Waals surface area contributed by atoms with E-state index in [0.717, 1.165) is 6.42 Å². The van der Waals surface area contributed by atoms with Gasteiger partial charge in [0.25, 0.3) is 0 Å². The van der Waals surface area contributed by atoms with Gasteiger partial charge >= 0.3 is 0 Å². The van der Waals surface area contributed by atoms with E-state index in [1.807, 2.05) is 13.0 Å². The summed E-state index contributed by atoms with van der Waals surface area (Å²) in [6.07, 6.45) is 4.88. The second-order valence-corrected chi connectivity index (χ2v) is 9.70. The maximum absolute atomic E-state index is 15.2. The van der Waals surface area contributed by atoms with Crippen LogP contribution in [0, 0.1) is 40.4 Å². The van der Waals surface area contributed by atoms with Crippen LogP contribution in [0.5, 0.6) is 0 Å². The van der Waals surface area contributed by atoms with Gasteiger partial charge in [-0.25, -0.2) is 4.39 Å². The summed E-state index contributed by atoms with van der Waals surface area (Å²) >= 11 is 0. The number of halogens is 1. The van der Waals surface area contributed by atoms with Gasteiger partial charge in [-0.15, -0.1) is 0 Å². The SMILES string of the molecule is CC(=O)[C@H]1[C@H](C)C[C@H]2[C@@H]3C[C@H](F)C4=CC(=O)C=C[C@]4(C)[C@H]3[C@H](O)C[C@@]21C. The molecule has 0 aromatic heterocycles. The van der Waals surface area contributed by atoms with Crippen LogP contribution in [0.2, 0.25) is 0 Å². The maximum Gasteiger partial charge on any atom is 0.178 e. The number of alkyl halides is 1. The van der Waals surface area contributed by atoms with E-state index in [9.17, 15) is 14.7 Å². The second kappa shape index (κ2) is 5.60. The van der Waals surface area contributed by atoms with Crippen LogP contribution in [-0.2, 0) is 9.59 Å². The summed E-state index contributed by atoms with van der Waals surface area (Å²) in [5, 5.41) is 11.2. The molecule has 1 N–H and O–H groups in total. The highest BCUT2D eigenvalue weighted by Gasteiger charge is 2.65. The lowest BCUT2D eigenvalue weighted by molar-refractivity contribution is -0.141. The molecule has 0 aromatic carbocycles. The van der Waals surface area contributed by atoms with Crippen molar-refractivity contribution in [2.45, 2.75) is 59.2 Å². The number of fused-ring (bicyclic) bond motifs is 5. The van der Waals surface area contributed by atoms with Crippen molar-refractivity contribution in [3.8, 4) is 0 Å². The molecule has 3 saturated carbocycles. The number of hydrogen-bond acceptors (Lipinski definition) is 3. The Morgan fingerprint density at radius 1 is 1.31 bits per heavy atom. The zero-order valence-corrected chi connectivity index (χ0v) is 16.0. The van der Waals surface area contributed by atoms with Crippen LogP contribution in [0.15, 0.2) is 23.8 Å². The zero-order valence-electron chi connectivity index (χ0n) is 16.0. The maximum atomic E-state index is 15.2. The lowest BCUT2D eigenvalue weighted by Crippen LogP contribution is -2.58. The van der Waals surface area contributed by atoms with E-state index in [1.54, 1.807) is 6.92 Å². The Hall–Kier alpha value is -1.29. The molecule has 0 aliphatic heterocycles. The Morgan fingerprint density at radius 3 is 2.65 bits per heavy atom. The topological polar surface area (TPSA) is 54.4 Å². The normalized spacial score (nSPS) is 52.8. The van der Waals surface area contributed by atoms with E-state index in [-0.39, 0.29) is 46.6 Å². The third-order valence-corrected chi connectivity index (χ3v) is 8.25. The molecule has 0 bridgehead atoms. The summed E-state index contributed by atoms with van der Waals surface area (Å²) in [6, 6.07) is 0. The molecule has 142 valence electrons. The Bertz CT molecular complexity index is 725. The fourth-order valence-corrected chi connectivity index (χ4v) is 7.57. The van der Waals surface area contributed by atoms with E-state index >= 15 is 4.39 Å². The number of hydrogen-bond donors (Lipinski definition) is 1. The molecule has 0 spiro atoms. The van der Waals surface area contributed by atoms with Crippen molar-refractivity contribution >= 4 is 11.6 Å². The summed E-state index contributed by atoms with van der Waals surface area (Å²) < 4.78 is 15.2. The fourth-order valence-electron chi connectivity index (χ4n) is 7.57. The molecule has 3 nitrogen and oxygen atoms in total. The highest BCUT2D eigenvalue weighted by Crippen LogP contribution is 2.67. The molecule has 0 radical (unpaired) electrons. The lowest BCUT2D eigenvalue weighted by Gasteiger charge is -2.59. The number of aliphatic hydroxyl groups excluding tert-OH is 1. The Morgan fingerprint density at radius 2 is 2.00 bits per heavy atom. The summed E-state index contributed by atoms with van der Waals surface area (Å²) in [5.74, 6) is 0.402. The van der Waals surface area contributed by atoms with Gasteiger partial charge in [-0.3, -0.25) is 9.59 Å². The Kier molecular flexibility index (Phi) is 3.90. The minimum Gasteiger partial charge on any atom is -0.393 e. The van der Waals surface area contributed by atoms with E-state index in [4.69, 9.17) is 0 Å². The van der Waals surface area contributed by atoms with Gasteiger partial charge in [0.15, 0.2) is 5.78 Å². The van der Waals surface area contributed by atoms with Gasteiger partial charge in [0.2, 0.25) is 0 Å². The second-order valence-electron chi connectivity index (χ2n) is 9.70. The summed E-state index contributed by atoms with van der Waals surface area (Å²) in [6.45, 7) is 7.88. The molecule has 0 heterocycles. The molecular weight excluding hydrogens is 331 g/mol. The van der Waals surface area contributed by atoms with Gasteiger partial charge in [-0.1, -0.05) is 26.8 Å². The molecule has 0 amide bonds. The third-order valence-electron chi connectivity index (χ3n) is 8.25. The highest BCUT2D eigenvalue weighted by atomic mass is 19.1. The number of rotatable bonds is 1. The van der Waals surface area contributed by atoms with Crippen molar-refractivity contribution < 1.29 is 19.1 Å². The van der Waals surface area contributed by atoms with Crippen LogP contribution < -0.4 is 0 Å². The van der Waals surface area contributed by atoms with Crippen molar-refractivity contribution in [1.29, 1.82) is 0 Å². The van der Waals surface area contributed by atoms with E-state index in [0.29, 0.717) is 18.4 Å². The Labute approximate surface area is 154 Å². The van der Waals surface area contributed by atoms with Crippen molar-refractivity contribution in [3.05, 3.63) is 23.8 Å². The van der Waals surface area contributed by atoms with Gasteiger partial charge in [-0.2, -0.15) is 0 Å². The third kappa shape index (κ3) is 2.20. The summed E-state index contributed by atoms with van der Waals surface area (Å²) in [7, 11) is 0. The molecule has 3 fully saturated rings. The molecule has 0 unspecified atom stereocenters. The quantitative estimate of drug-likeness (QED) is 0.776. The lowest BCUT2D eigenvalue weighted by atomic mass is 9.46. The smallest absolute Gasteiger partial charge is 0.178 e. The van der Waals surface area contributed by atoms with Crippen LogP contribution in [0.3, 0.4) is 0 Å². The van der Waals surface area contributed by atoms with Crippen LogP contribution in [0.4, 0.5) is 4.39 Å². The minimum atomic E-state index is -1.16. The van der Waals surface area contributed by atoms with Gasteiger partial charge < -0.3 is 5.11 Å². The first-order chi connectivity index (χ1) is 12.1. The van der Waals surface area contributed by atoms with E-state index in [2.05, 4.69) is 13.8 Å². The van der Waals surface area contributed by atoms with E-state index in [1.165, 1.54) is 12.2 Å². The monoisotopic (exact) mass is 360 g/mol. The first kappa shape index (κ1) is 18.1. The molecule has 9 atom stereocenters. The standard InChI is InChI=1S/C22H29FO3/c1-11-7-15-14-9-17(23)16-8-13(25)5-6-21(16,3)20(14)18(26)10-22(15,4)19(11)12(2)24/h5-6,8,11,14-15,17-20,26H,7,9-10H2,1-4H3/t11-,14+,15+,17+,18-,19-,20-,21+,22+/m1/s1. The number of carbonyl (C=O) groups is 2. The van der Waals surface area contributed by atoms with Gasteiger partial charge in [0.05, 0.1) is 6.10 Å². The molecule has 4 heteroatoms. The zero-order chi connectivity index (χ0) is 19.0. The number of allylic oxidation sites excluding steroid dienone is 4. The molecular formula is C22H29FO3. The van der Waals surface area contributed by atoms with Crippen molar-refractivity contribution in [2.75, 3.05) is 0 Å². The predicted molar refractivity (Wildman–Crippen MR) is 97.0 cm³/mol. The highest BCUT2D eigenvalue weighted by molar-refractivity contribution is 6.01. The first-order valence-corrected chi connectivity index (χ1v) is 9.87.